The predicted molar refractivity (Wildman–Crippen MR) is 69.6 cm³/mol. The van der Waals surface area contributed by atoms with Crippen LogP contribution in [0.15, 0.2) is 30.6 Å². The van der Waals surface area contributed by atoms with Crippen molar-refractivity contribution in [2.24, 2.45) is 5.84 Å². The summed E-state index contributed by atoms with van der Waals surface area (Å²) < 4.78 is 0. The molecule has 0 aliphatic heterocycles. The third kappa shape index (κ3) is 2.52. The van der Waals surface area contributed by atoms with Gasteiger partial charge in [-0.05, 0) is 31.0 Å². The first-order valence-corrected chi connectivity index (χ1v) is 5.95. The zero-order valence-electron chi connectivity index (χ0n) is 10.6. The largest absolute Gasteiger partial charge is 0.271 e. The van der Waals surface area contributed by atoms with E-state index in [0.717, 1.165) is 28.9 Å². The Bertz CT molecular complexity index is 512. The van der Waals surface area contributed by atoms with E-state index < -0.39 is 0 Å². The molecule has 0 radical (unpaired) electrons. The molecule has 0 saturated carbocycles. The Morgan fingerprint density at radius 2 is 2.22 bits per heavy atom. The summed E-state index contributed by atoms with van der Waals surface area (Å²) in [6, 6.07) is 5.80. The highest BCUT2D eigenvalue weighted by atomic mass is 15.2. The van der Waals surface area contributed by atoms with Crippen molar-refractivity contribution < 1.29 is 0 Å². The summed E-state index contributed by atoms with van der Waals surface area (Å²) in [4.78, 5) is 4.13. The highest BCUT2D eigenvalue weighted by Crippen LogP contribution is 2.23. The Kier molecular flexibility index (Phi) is 3.96. The number of pyridine rings is 1. The van der Waals surface area contributed by atoms with Crippen LogP contribution in [0.25, 0.3) is 0 Å². The summed E-state index contributed by atoms with van der Waals surface area (Å²) in [5.74, 6) is 5.68. The second kappa shape index (κ2) is 5.66. The maximum absolute atomic E-state index is 5.68. The van der Waals surface area contributed by atoms with Crippen LogP contribution in [0.5, 0.6) is 0 Å². The average Bonchev–Trinajstić information content (AvgIpc) is 2.41. The van der Waals surface area contributed by atoms with Gasteiger partial charge in [-0.1, -0.05) is 13.0 Å². The lowest BCUT2D eigenvalue weighted by molar-refractivity contribution is 0.620. The minimum Gasteiger partial charge on any atom is -0.271 e. The van der Waals surface area contributed by atoms with Crippen LogP contribution in [0.2, 0.25) is 0 Å². The van der Waals surface area contributed by atoms with E-state index in [-0.39, 0.29) is 6.04 Å². The molecule has 5 heteroatoms. The third-order valence-electron chi connectivity index (χ3n) is 2.86. The lowest BCUT2D eigenvalue weighted by atomic mass is 9.98. The number of hydrazine groups is 1. The molecule has 0 spiro atoms. The molecule has 1 atom stereocenters. The molecule has 0 saturated heterocycles. The van der Waals surface area contributed by atoms with E-state index in [0.29, 0.717) is 0 Å². The minimum atomic E-state index is -0.108. The Labute approximate surface area is 106 Å². The molecule has 5 nitrogen and oxygen atoms in total. The van der Waals surface area contributed by atoms with Gasteiger partial charge in [-0.25, -0.2) is 5.43 Å². The molecule has 0 amide bonds. The normalized spacial score (nSPS) is 12.4. The number of aromatic nitrogens is 3. The van der Waals surface area contributed by atoms with Crippen molar-refractivity contribution in [3.63, 3.8) is 0 Å². The van der Waals surface area contributed by atoms with Crippen molar-refractivity contribution in [1.29, 1.82) is 0 Å². The van der Waals surface area contributed by atoms with Gasteiger partial charge in [-0.2, -0.15) is 10.2 Å². The average molecular weight is 243 g/mol. The summed E-state index contributed by atoms with van der Waals surface area (Å²) in [7, 11) is 0. The number of rotatable bonds is 4. The minimum absolute atomic E-state index is 0.108. The Morgan fingerprint density at radius 1 is 1.39 bits per heavy atom. The Morgan fingerprint density at radius 3 is 2.83 bits per heavy atom. The number of hydrogen-bond donors (Lipinski definition) is 2. The van der Waals surface area contributed by atoms with Gasteiger partial charge >= 0.3 is 0 Å². The number of nitrogens with two attached hydrogens (primary N) is 1. The smallest absolute Gasteiger partial charge is 0.0743 e. The van der Waals surface area contributed by atoms with Gasteiger partial charge in [0.05, 0.1) is 17.4 Å². The van der Waals surface area contributed by atoms with Crippen molar-refractivity contribution in [1.82, 2.24) is 20.6 Å². The lowest BCUT2D eigenvalue weighted by Gasteiger charge is -2.18. The van der Waals surface area contributed by atoms with Crippen molar-refractivity contribution in [2.75, 3.05) is 0 Å². The highest BCUT2D eigenvalue weighted by Gasteiger charge is 2.17. The predicted octanol–water partition coefficient (Wildman–Crippen LogP) is 1.30. The molecule has 0 aliphatic carbocycles. The van der Waals surface area contributed by atoms with Crippen LogP contribution < -0.4 is 11.3 Å². The molecular formula is C13H17N5. The molecule has 1 unspecified atom stereocenters. The van der Waals surface area contributed by atoms with E-state index in [1.807, 2.05) is 25.1 Å². The SMILES string of the molecule is CCc1nnc(C)cc1C(NN)c1cccnc1. The zero-order chi connectivity index (χ0) is 13.0. The van der Waals surface area contributed by atoms with E-state index in [4.69, 9.17) is 5.84 Å². The molecule has 0 fully saturated rings. The molecular weight excluding hydrogens is 226 g/mol. The standard InChI is InChI=1S/C13H17N5/c1-3-12-11(7-9(2)17-18-12)13(16-14)10-5-4-6-15-8-10/h4-8,13,16H,3,14H2,1-2H3. The molecule has 2 heterocycles. The second-order valence-corrected chi connectivity index (χ2v) is 4.13. The fourth-order valence-corrected chi connectivity index (χ4v) is 1.97. The van der Waals surface area contributed by atoms with Crippen LogP contribution in [0.4, 0.5) is 0 Å². The van der Waals surface area contributed by atoms with Gasteiger partial charge in [0.15, 0.2) is 0 Å². The molecule has 18 heavy (non-hydrogen) atoms. The highest BCUT2D eigenvalue weighted by molar-refractivity contribution is 5.33. The van der Waals surface area contributed by atoms with Gasteiger partial charge in [0.2, 0.25) is 0 Å². The molecule has 2 aromatic heterocycles. The monoisotopic (exact) mass is 243 g/mol. The first-order valence-electron chi connectivity index (χ1n) is 5.95. The summed E-state index contributed by atoms with van der Waals surface area (Å²) in [6.45, 7) is 3.98. The topological polar surface area (TPSA) is 76.7 Å². The zero-order valence-corrected chi connectivity index (χ0v) is 10.6. The maximum Gasteiger partial charge on any atom is 0.0743 e. The number of hydrogen-bond acceptors (Lipinski definition) is 5. The fourth-order valence-electron chi connectivity index (χ4n) is 1.97. The van der Waals surface area contributed by atoms with Crippen LogP contribution in [-0.2, 0) is 6.42 Å². The van der Waals surface area contributed by atoms with Gasteiger partial charge in [0, 0.05) is 18.0 Å². The van der Waals surface area contributed by atoms with Crippen LogP contribution in [0.3, 0.4) is 0 Å². The second-order valence-electron chi connectivity index (χ2n) is 4.13. The summed E-state index contributed by atoms with van der Waals surface area (Å²) in [6.07, 6.45) is 4.37. The number of nitrogens with zero attached hydrogens (tertiary/aromatic N) is 3. The van der Waals surface area contributed by atoms with E-state index >= 15 is 0 Å². The van der Waals surface area contributed by atoms with Crippen molar-refractivity contribution in [3.8, 4) is 0 Å². The molecule has 94 valence electrons. The Balaban J connectivity index is 2.48. The van der Waals surface area contributed by atoms with Crippen LogP contribution >= 0.6 is 0 Å². The summed E-state index contributed by atoms with van der Waals surface area (Å²) >= 11 is 0. The van der Waals surface area contributed by atoms with Gasteiger partial charge in [-0.3, -0.25) is 10.8 Å². The van der Waals surface area contributed by atoms with Gasteiger partial charge in [0.1, 0.15) is 0 Å². The van der Waals surface area contributed by atoms with Crippen LogP contribution in [-0.4, -0.2) is 15.2 Å². The van der Waals surface area contributed by atoms with Crippen molar-refractivity contribution in [3.05, 3.63) is 53.1 Å². The maximum atomic E-state index is 5.68. The molecule has 0 bridgehead atoms. The molecule has 0 aliphatic rings. The first-order chi connectivity index (χ1) is 8.76. The molecule has 3 N–H and O–H groups in total. The van der Waals surface area contributed by atoms with E-state index in [9.17, 15) is 0 Å². The van der Waals surface area contributed by atoms with Crippen molar-refractivity contribution in [2.45, 2.75) is 26.3 Å². The van der Waals surface area contributed by atoms with Gasteiger partial charge in [0.25, 0.3) is 0 Å². The van der Waals surface area contributed by atoms with Crippen LogP contribution in [0, 0.1) is 6.92 Å². The van der Waals surface area contributed by atoms with E-state index in [2.05, 4.69) is 27.5 Å². The van der Waals surface area contributed by atoms with Gasteiger partial charge in [-0.15, -0.1) is 0 Å². The Hall–Kier alpha value is -1.85. The first kappa shape index (κ1) is 12.6. The van der Waals surface area contributed by atoms with E-state index in [1.54, 1.807) is 12.4 Å². The quantitative estimate of drug-likeness (QED) is 0.625. The third-order valence-corrected chi connectivity index (χ3v) is 2.86. The van der Waals surface area contributed by atoms with Crippen LogP contribution in [0.1, 0.15) is 35.5 Å². The van der Waals surface area contributed by atoms with Gasteiger partial charge < -0.3 is 0 Å². The lowest BCUT2D eigenvalue weighted by Crippen LogP contribution is -2.30. The summed E-state index contributed by atoms with van der Waals surface area (Å²) in [5.41, 5.74) is 6.73. The fraction of sp³-hybridized carbons (Fsp3) is 0.308. The molecule has 0 aromatic carbocycles. The number of nitrogens with one attached hydrogen (secondary N) is 1. The van der Waals surface area contributed by atoms with Crippen molar-refractivity contribution >= 4 is 0 Å². The molecule has 2 aromatic rings. The molecule has 2 rings (SSSR count). The summed E-state index contributed by atoms with van der Waals surface area (Å²) in [5, 5.41) is 8.31. The van der Waals surface area contributed by atoms with E-state index in [1.165, 1.54) is 0 Å². The number of aryl methyl sites for hydroxylation is 2.